The first-order chi connectivity index (χ1) is 19.2. The predicted octanol–water partition coefficient (Wildman–Crippen LogP) is 4.62. The number of nitrogens with one attached hydrogen (secondary N) is 3. The summed E-state index contributed by atoms with van der Waals surface area (Å²) >= 11 is 0. The standard InChI is InChI=1S/C30H27BN8/c1-20-7-6-12-26(36-20)30-29(23-13-14-28-33-19-35-39(28)18-23)37-27(38-30)17-32-15-21-8-2-4-10-24(21)25-11-5-3-9-22(25)16-34-31/h2-14,18-19,32,34H,15-17H2,1H3,(H,37,38). The highest BCUT2D eigenvalue weighted by atomic mass is 15.3. The minimum Gasteiger partial charge on any atom is -0.363 e. The number of fused-ring (bicyclic) bond motifs is 1. The average molecular weight is 510 g/mol. The molecule has 8 nitrogen and oxygen atoms in total. The summed E-state index contributed by atoms with van der Waals surface area (Å²) in [5.41, 5.74) is 9.92. The van der Waals surface area contributed by atoms with Gasteiger partial charge in [0.25, 0.3) is 0 Å². The Morgan fingerprint density at radius 2 is 1.59 bits per heavy atom. The molecule has 2 radical (unpaired) electrons. The Labute approximate surface area is 228 Å². The molecule has 0 bridgehead atoms. The van der Waals surface area contributed by atoms with Crippen LogP contribution < -0.4 is 10.5 Å². The van der Waals surface area contributed by atoms with Crippen LogP contribution in [0.25, 0.3) is 39.4 Å². The fraction of sp³-hybridized carbons (Fsp3) is 0.133. The van der Waals surface area contributed by atoms with Crippen LogP contribution in [-0.4, -0.2) is 37.5 Å². The molecule has 3 N–H and O–H groups in total. The number of hydrogen-bond acceptors (Lipinski definition) is 6. The smallest absolute Gasteiger partial charge is 0.178 e. The van der Waals surface area contributed by atoms with E-state index >= 15 is 0 Å². The molecule has 0 aliphatic carbocycles. The normalized spacial score (nSPS) is 11.3. The number of nitrogens with zero attached hydrogens (tertiary/aromatic N) is 5. The first-order valence-electron chi connectivity index (χ1n) is 12.8. The molecule has 6 rings (SSSR count). The number of hydrogen-bond donors (Lipinski definition) is 3. The van der Waals surface area contributed by atoms with Crippen LogP contribution in [0.2, 0.25) is 0 Å². The van der Waals surface area contributed by atoms with Crippen LogP contribution in [0.4, 0.5) is 0 Å². The summed E-state index contributed by atoms with van der Waals surface area (Å²) < 4.78 is 1.75. The number of imidazole rings is 1. The molecule has 39 heavy (non-hydrogen) atoms. The summed E-state index contributed by atoms with van der Waals surface area (Å²) in [7, 11) is 5.63. The number of aryl methyl sites for hydroxylation is 1. The number of rotatable bonds is 9. The molecule has 190 valence electrons. The molecule has 0 unspecified atom stereocenters. The Balaban J connectivity index is 1.28. The lowest BCUT2D eigenvalue weighted by Crippen LogP contribution is -2.15. The third-order valence-electron chi connectivity index (χ3n) is 6.67. The van der Waals surface area contributed by atoms with Gasteiger partial charge < -0.3 is 15.5 Å². The van der Waals surface area contributed by atoms with Crippen molar-refractivity contribution in [3.63, 3.8) is 0 Å². The fourth-order valence-electron chi connectivity index (χ4n) is 4.84. The molecule has 0 amide bonds. The van der Waals surface area contributed by atoms with E-state index in [1.165, 1.54) is 16.7 Å². The van der Waals surface area contributed by atoms with Gasteiger partial charge >= 0.3 is 0 Å². The number of aromatic nitrogens is 6. The zero-order valence-corrected chi connectivity index (χ0v) is 21.6. The van der Waals surface area contributed by atoms with Crippen molar-refractivity contribution in [2.45, 2.75) is 26.6 Å². The van der Waals surface area contributed by atoms with Crippen LogP contribution in [0.15, 0.2) is 91.4 Å². The van der Waals surface area contributed by atoms with Crippen molar-refractivity contribution in [1.82, 2.24) is 40.1 Å². The lowest BCUT2D eigenvalue weighted by atomic mass is 9.95. The van der Waals surface area contributed by atoms with Gasteiger partial charge in [-0.15, -0.1) is 0 Å². The van der Waals surface area contributed by atoms with E-state index in [-0.39, 0.29) is 0 Å². The van der Waals surface area contributed by atoms with Gasteiger partial charge in [-0.3, -0.25) is 4.98 Å². The summed E-state index contributed by atoms with van der Waals surface area (Å²) in [4.78, 5) is 17.5. The second-order valence-corrected chi connectivity index (χ2v) is 9.35. The van der Waals surface area contributed by atoms with Gasteiger partial charge in [-0.2, -0.15) is 5.10 Å². The molecular weight excluding hydrogens is 483 g/mol. The van der Waals surface area contributed by atoms with E-state index in [0.717, 1.165) is 45.4 Å². The van der Waals surface area contributed by atoms with Crippen LogP contribution in [0.5, 0.6) is 0 Å². The SMILES string of the molecule is [B]NCc1ccccc1-c1ccccc1CNCc1nc(-c2ccc3ncnn3c2)c(-c2cccc(C)n2)[nH]1. The Morgan fingerprint density at radius 3 is 2.36 bits per heavy atom. The van der Waals surface area contributed by atoms with E-state index in [1.807, 2.05) is 49.5 Å². The molecule has 0 saturated heterocycles. The number of pyridine rings is 2. The van der Waals surface area contributed by atoms with E-state index in [4.69, 9.17) is 17.9 Å². The first-order valence-corrected chi connectivity index (χ1v) is 12.8. The molecule has 0 spiro atoms. The third-order valence-corrected chi connectivity index (χ3v) is 6.67. The van der Waals surface area contributed by atoms with Crippen LogP contribution in [0.1, 0.15) is 22.6 Å². The van der Waals surface area contributed by atoms with Crippen molar-refractivity contribution >= 4 is 13.6 Å². The topological polar surface area (TPSA) is 95.8 Å². The predicted molar refractivity (Wildman–Crippen MR) is 154 cm³/mol. The fourth-order valence-corrected chi connectivity index (χ4v) is 4.84. The van der Waals surface area contributed by atoms with Crippen molar-refractivity contribution in [2.75, 3.05) is 0 Å². The van der Waals surface area contributed by atoms with Crippen molar-refractivity contribution in [3.8, 4) is 33.8 Å². The van der Waals surface area contributed by atoms with Crippen LogP contribution >= 0.6 is 0 Å². The number of benzene rings is 2. The molecule has 0 saturated carbocycles. The van der Waals surface area contributed by atoms with E-state index in [0.29, 0.717) is 19.6 Å². The number of H-pyrrole nitrogens is 1. The summed E-state index contributed by atoms with van der Waals surface area (Å²) in [6.45, 7) is 3.83. The third kappa shape index (κ3) is 5.23. The lowest BCUT2D eigenvalue weighted by Gasteiger charge is -2.14. The average Bonchev–Trinajstić information content (AvgIpc) is 3.61. The van der Waals surface area contributed by atoms with Crippen LogP contribution in [0.3, 0.4) is 0 Å². The second-order valence-electron chi connectivity index (χ2n) is 9.35. The largest absolute Gasteiger partial charge is 0.363 e. The van der Waals surface area contributed by atoms with Crippen molar-refractivity contribution in [3.05, 3.63) is 114 Å². The van der Waals surface area contributed by atoms with Crippen LogP contribution in [-0.2, 0) is 19.6 Å². The van der Waals surface area contributed by atoms with Crippen molar-refractivity contribution in [2.24, 2.45) is 0 Å². The molecular formula is C30H27BN8. The van der Waals surface area contributed by atoms with E-state index < -0.39 is 0 Å². The Bertz CT molecular complexity index is 1740. The van der Waals surface area contributed by atoms with E-state index in [1.54, 1.807) is 10.8 Å². The first kappa shape index (κ1) is 24.7. The lowest BCUT2D eigenvalue weighted by molar-refractivity contribution is 0.670. The maximum absolute atomic E-state index is 5.63. The maximum Gasteiger partial charge on any atom is 0.178 e. The molecule has 4 aromatic heterocycles. The quantitative estimate of drug-likeness (QED) is 0.246. The molecule has 2 aromatic carbocycles. The molecule has 6 aromatic rings. The zero-order chi connectivity index (χ0) is 26.6. The van der Waals surface area contributed by atoms with Gasteiger partial charge in [0.15, 0.2) is 13.6 Å². The van der Waals surface area contributed by atoms with E-state index in [9.17, 15) is 0 Å². The highest BCUT2D eigenvalue weighted by Gasteiger charge is 2.17. The van der Waals surface area contributed by atoms with Gasteiger partial charge in [0, 0.05) is 30.5 Å². The molecule has 0 atom stereocenters. The minimum atomic E-state index is 0.560. The molecule has 0 aliphatic heterocycles. The van der Waals surface area contributed by atoms with Crippen molar-refractivity contribution in [1.29, 1.82) is 0 Å². The Kier molecular flexibility index (Phi) is 6.99. The van der Waals surface area contributed by atoms with Crippen molar-refractivity contribution < 1.29 is 0 Å². The maximum atomic E-state index is 5.63. The Morgan fingerprint density at radius 1 is 0.821 bits per heavy atom. The highest BCUT2D eigenvalue weighted by molar-refractivity contribution is 6.04. The summed E-state index contributed by atoms with van der Waals surface area (Å²) in [6.07, 6.45) is 3.49. The minimum absolute atomic E-state index is 0.560. The molecule has 0 fully saturated rings. The summed E-state index contributed by atoms with van der Waals surface area (Å²) in [5, 5.41) is 10.7. The van der Waals surface area contributed by atoms with Gasteiger partial charge in [0.05, 0.1) is 23.6 Å². The van der Waals surface area contributed by atoms with Crippen LogP contribution in [0, 0.1) is 6.92 Å². The van der Waals surface area contributed by atoms with Gasteiger partial charge in [0.2, 0.25) is 0 Å². The van der Waals surface area contributed by atoms with Gasteiger partial charge in [0.1, 0.15) is 12.2 Å². The number of aromatic amines is 1. The highest BCUT2D eigenvalue weighted by Crippen LogP contribution is 2.30. The zero-order valence-electron chi connectivity index (χ0n) is 21.6. The summed E-state index contributed by atoms with van der Waals surface area (Å²) in [5.74, 6) is 0.826. The molecule has 4 heterocycles. The van der Waals surface area contributed by atoms with E-state index in [2.05, 4.69) is 68.1 Å². The second kappa shape index (κ2) is 11.0. The monoisotopic (exact) mass is 510 g/mol. The van der Waals surface area contributed by atoms with Gasteiger partial charge in [-0.05, 0) is 53.4 Å². The van der Waals surface area contributed by atoms with Gasteiger partial charge in [-0.25, -0.2) is 14.5 Å². The molecule has 0 aliphatic rings. The van der Waals surface area contributed by atoms with Gasteiger partial charge in [-0.1, -0.05) is 54.6 Å². The Hall–Kier alpha value is -4.60. The summed E-state index contributed by atoms with van der Waals surface area (Å²) in [6, 6.07) is 26.7. The molecule has 9 heteroatoms.